The maximum Gasteiger partial charge on any atom is 0.239 e. The molecule has 19 heavy (non-hydrogen) atoms. The topological polar surface area (TPSA) is 49.6 Å². The first-order valence-corrected chi connectivity index (χ1v) is 6.88. The number of benzene rings is 1. The highest BCUT2D eigenvalue weighted by molar-refractivity contribution is 5.81. The number of carbonyl (C=O) groups excluding carboxylic acids is 1. The first-order valence-electron chi connectivity index (χ1n) is 6.88. The van der Waals surface area contributed by atoms with Crippen molar-refractivity contribution in [3.63, 3.8) is 0 Å². The second-order valence-corrected chi connectivity index (χ2v) is 5.38. The van der Waals surface area contributed by atoms with Gasteiger partial charge in [-0.05, 0) is 19.4 Å². The fraction of sp³-hybridized carbons (Fsp3) is 0.533. The van der Waals surface area contributed by atoms with E-state index in [1.165, 1.54) is 11.1 Å². The lowest BCUT2D eigenvalue weighted by Crippen LogP contribution is -2.52. The number of rotatable bonds is 3. The summed E-state index contributed by atoms with van der Waals surface area (Å²) in [5, 5.41) is 0. The second kappa shape index (κ2) is 6.17. The molecule has 0 aliphatic carbocycles. The zero-order chi connectivity index (χ0) is 13.8. The molecule has 4 nitrogen and oxygen atoms in total. The van der Waals surface area contributed by atoms with Crippen LogP contribution in [0.3, 0.4) is 0 Å². The van der Waals surface area contributed by atoms with E-state index in [2.05, 4.69) is 36.1 Å². The summed E-state index contributed by atoms with van der Waals surface area (Å²) in [4.78, 5) is 16.0. The molecule has 2 N–H and O–H groups in total. The van der Waals surface area contributed by atoms with E-state index >= 15 is 0 Å². The van der Waals surface area contributed by atoms with Gasteiger partial charge in [0.25, 0.3) is 0 Å². The fourth-order valence-electron chi connectivity index (χ4n) is 2.37. The van der Waals surface area contributed by atoms with Crippen molar-refractivity contribution in [3.8, 4) is 0 Å². The van der Waals surface area contributed by atoms with Gasteiger partial charge in [-0.15, -0.1) is 0 Å². The molecule has 1 amide bonds. The molecule has 1 atom stereocenters. The third kappa shape index (κ3) is 3.78. The normalized spacial score (nSPS) is 18.4. The Balaban J connectivity index is 1.83. The minimum absolute atomic E-state index is 0.0648. The molecule has 0 saturated carbocycles. The summed E-state index contributed by atoms with van der Waals surface area (Å²) in [6.07, 6.45) is 0. The molecule has 2 rings (SSSR count). The molecule has 0 spiro atoms. The Morgan fingerprint density at radius 2 is 1.79 bits per heavy atom. The molecule has 1 aliphatic rings. The Kier molecular flexibility index (Phi) is 4.56. The van der Waals surface area contributed by atoms with Crippen LogP contribution in [0, 0.1) is 6.92 Å². The van der Waals surface area contributed by atoms with Crippen LogP contribution in [-0.4, -0.2) is 47.9 Å². The summed E-state index contributed by atoms with van der Waals surface area (Å²) in [6, 6.07) is 8.25. The van der Waals surface area contributed by atoms with Crippen LogP contribution in [0.5, 0.6) is 0 Å². The predicted molar refractivity (Wildman–Crippen MR) is 76.7 cm³/mol. The van der Waals surface area contributed by atoms with Crippen LogP contribution in [0.2, 0.25) is 0 Å². The number of amides is 1. The zero-order valence-electron chi connectivity index (χ0n) is 11.8. The molecule has 1 fully saturated rings. The standard InChI is InChI=1S/C15H23N3O/c1-12-3-5-14(6-4-12)11-17-7-9-18(10-8-17)15(19)13(2)16/h3-6,13H,7-11,16H2,1-2H3/t13-/m0/s1. The van der Waals surface area contributed by atoms with Gasteiger partial charge in [-0.3, -0.25) is 9.69 Å². The van der Waals surface area contributed by atoms with Crippen molar-refractivity contribution in [2.75, 3.05) is 26.2 Å². The first kappa shape index (κ1) is 14.0. The highest BCUT2D eigenvalue weighted by atomic mass is 16.2. The Morgan fingerprint density at radius 1 is 1.21 bits per heavy atom. The molecule has 0 bridgehead atoms. The Morgan fingerprint density at radius 3 is 2.32 bits per heavy atom. The van der Waals surface area contributed by atoms with E-state index in [0.717, 1.165) is 32.7 Å². The maximum absolute atomic E-state index is 11.8. The second-order valence-electron chi connectivity index (χ2n) is 5.38. The molecule has 104 valence electrons. The first-order chi connectivity index (χ1) is 9.06. The van der Waals surface area contributed by atoms with Crippen molar-refractivity contribution < 1.29 is 4.79 Å². The van der Waals surface area contributed by atoms with Crippen molar-refractivity contribution in [2.24, 2.45) is 5.73 Å². The third-order valence-corrected chi connectivity index (χ3v) is 3.60. The van der Waals surface area contributed by atoms with E-state index in [4.69, 9.17) is 5.73 Å². The number of nitrogens with zero attached hydrogens (tertiary/aromatic N) is 2. The number of hydrogen-bond donors (Lipinski definition) is 1. The average Bonchev–Trinajstić information content (AvgIpc) is 2.41. The van der Waals surface area contributed by atoms with Crippen LogP contribution in [0.25, 0.3) is 0 Å². The van der Waals surface area contributed by atoms with Gasteiger partial charge in [0.15, 0.2) is 0 Å². The highest BCUT2D eigenvalue weighted by Gasteiger charge is 2.22. The molecule has 1 aliphatic heterocycles. The smallest absolute Gasteiger partial charge is 0.239 e. The fourth-order valence-corrected chi connectivity index (χ4v) is 2.37. The van der Waals surface area contributed by atoms with Crippen molar-refractivity contribution >= 4 is 5.91 Å². The van der Waals surface area contributed by atoms with Gasteiger partial charge in [-0.1, -0.05) is 29.8 Å². The van der Waals surface area contributed by atoms with E-state index in [9.17, 15) is 4.79 Å². The van der Waals surface area contributed by atoms with Crippen LogP contribution >= 0.6 is 0 Å². The lowest BCUT2D eigenvalue weighted by Gasteiger charge is -2.35. The molecule has 1 saturated heterocycles. The van der Waals surface area contributed by atoms with Crippen LogP contribution in [0.15, 0.2) is 24.3 Å². The highest BCUT2D eigenvalue weighted by Crippen LogP contribution is 2.10. The van der Waals surface area contributed by atoms with Gasteiger partial charge in [0.05, 0.1) is 6.04 Å². The monoisotopic (exact) mass is 261 g/mol. The molecule has 4 heteroatoms. The maximum atomic E-state index is 11.8. The molecule has 0 unspecified atom stereocenters. The van der Waals surface area contributed by atoms with Crippen molar-refractivity contribution in [1.82, 2.24) is 9.80 Å². The summed E-state index contributed by atoms with van der Waals surface area (Å²) in [7, 11) is 0. The molecular weight excluding hydrogens is 238 g/mol. The van der Waals surface area contributed by atoms with Gasteiger partial charge in [0.1, 0.15) is 0 Å². The van der Waals surface area contributed by atoms with Gasteiger partial charge >= 0.3 is 0 Å². The van der Waals surface area contributed by atoms with Gasteiger partial charge in [0, 0.05) is 32.7 Å². The molecular formula is C15H23N3O. The van der Waals surface area contributed by atoms with Crippen molar-refractivity contribution in [3.05, 3.63) is 35.4 Å². The van der Waals surface area contributed by atoms with Crippen LogP contribution < -0.4 is 5.73 Å². The zero-order valence-corrected chi connectivity index (χ0v) is 11.8. The summed E-state index contributed by atoms with van der Waals surface area (Å²) in [6.45, 7) is 8.22. The van der Waals surface area contributed by atoms with Crippen LogP contribution in [-0.2, 0) is 11.3 Å². The number of aryl methyl sites for hydroxylation is 1. The van der Waals surface area contributed by atoms with E-state index in [1.54, 1.807) is 6.92 Å². The minimum Gasteiger partial charge on any atom is -0.339 e. The molecule has 0 radical (unpaired) electrons. The van der Waals surface area contributed by atoms with Gasteiger partial charge in [-0.2, -0.15) is 0 Å². The van der Waals surface area contributed by atoms with E-state index in [1.807, 2.05) is 4.90 Å². The van der Waals surface area contributed by atoms with E-state index in [0.29, 0.717) is 0 Å². The van der Waals surface area contributed by atoms with Crippen molar-refractivity contribution in [2.45, 2.75) is 26.4 Å². The number of nitrogens with two attached hydrogens (primary N) is 1. The summed E-state index contributed by atoms with van der Waals surface area (Å²) >= 11 is 0. The summed E-state index contributed by atoms with van der Waals surface area (Å²) in [5.41, 5.74) is 8.25. The lowest BCUT2D eigenvalue weighted by molar-refractivity contribution is -0.134. The predicted octanol–water partition coefficient (Wildman–Crippen LogP) is 0.986. The third-order valence-electron chi connectivity index (χ3n) is 3.60. The minimum atomic E-state index is -0.386. The molecule has 1 aromatic carbocycles. The Bertz CT molecular complexity index is 420. The summed E-state index contributed by atoms with van der Waals surface area (Å²) < 4.78 is 0. The van der Waals surface area contributed by atoms with Crippen LogP contribution in [0.1, 0.15) is 18.1 Å². The van der Waals surface area contributed by atoms with Gasteiger partial charge < -0.3 is 10.6 Å². The lowest BCUT2D eigenvalue weighted by atomic mass is 10.1. The number of carbonyl (C=O) groups is 1. The molecule has 0 aromatic heterocycles. The summed E-state index contributed by atoms with van der Waals surface area (Å²) in [5.74, 6) is 0.0648. The van der Waals surface area contributed by atoms with E-state index < -0.39 is 0 Å². The Hall–Kier alpha value is -1.39. The SMILES string of the molecule is Cc1ccc(CN2CCN(C(=O)[C@H](C)N)CC2)cc1. The molecule has 1 heterocycles. The van der Waals surface area contributed by atoms with Gasteiger partial charge in [-0.25, -0.2) is 0 Å². The quantitative estimate of drug-likeness (QED) is 0.882. The average molecular weight is 261 g/mol. The Labute approximate surface area is 115 Å². The largest absolute Gasteiger partial charge is 0.339 e. The number of hydrogen-bond acceptors (Lipinski definition) is 3. The van der Waals surface area contributed by atoms with Gasteiger partial charge in [0.2, 0.25) is 5.91 Å². The van der Waals surface area contributed by atoms with E-state index in [-0.39, 0.29) is 11.9 Å². The molecule has 1 aromatic rings. The number of piperazine rings is 1. The van der Waals surface area contributed by atoms with Crippen LogP contribution in [0.4, 0.5) is 0 Å². The van der Waals surface area contributed by atoms with Crippen molar-refractivity contribution in [1.29, 1.82) is 0 Å².